The molecule has 2 aromatic rings. The van der Waals surface area contributed by atoms with E-state index in [1.165, 1.54) is 5.56 Å². The topological polar surface area (TPSA) is 21.3 Å². The lowest BCUT2D eigenvalue weighted by molar-refractivity contribution is 0.410. The standard InChI is InChI=1S/C15H15Cl2NO/c1-10-3-6-15(19-2)11(7-10)9-18-14-5-4-12(16)8-13(14)17/h3-8,18H,9H2,1-2H3. The van der Waals surface area contributed by atoms with Crippen LogP contribution in [0, 0.1) is 6.92 Å². The fourth-order valence-electron chi connectivity index (χ4n) is 1.87. The molecule has 0 heterocycles. The fourth-order valence-corrected chi connectivity index (χ4v) is 2.34. The van der Waals surface area contributed by atoms with Gasteiger partial charge in [0.1, 0.15) is 5.75 Å². The summed E-state index contributed by atoms with van der Waals surface area (Å²) < 4.78 is 5.34. The maximum Gasteiger partial charge on any atom is 0.123 e. The van der Waals surface area contributed by atoms with Crippen LogP contribution in [0.3, 0.4) is 0 Å². The molecule has 0 saturated heterocycles. The summed E-state index contributed by atoms with van der Waals surface area (Å²) in [6.45, 7) is 2.70. The van der Waals surface area contributed by atoms with Gasteiger partial charge in [-0.25, -0.2) is 0 Å². The zero-order valence-corrected chi connectivity index (χ0v) is 12.3. The van der Waals surface area contributed by atoms with E-state index in [-0.39, 0.29) is 0 Å². The number of aryl methyl sites for hydroxylation is 1. The number of nitrogens with one attached hydrogen (secondary N) is 1. The molecule has 2 nitrogen and oxygen atoms in total. The van der Waals surface area contributed by atoms with Crippen molar-refractivity contribution in [2.24, 2.45) is 0 Å². The van der Waals surface area contributed by atoms with Gasteiger partial charge in [-0.15, -0.1) is 0 Å². The van der Waals surface area contributed by atoms with Crippen LogP contribution in [0.2, 0.25) is 10.0 Å². The molecule has 0 aliphatic carbocycles. The van der Waals surface area contributed by atoms with Gasteiger partial charge < -0.3 is 10.1 Å². The van der Waals surface area contributed by atoms with Crippen LogP contribution in [0.1, 0.15) is 11.1 Å². The van der Waals surface area contributed by atoms with Gasteiger partial charge in [-0.2, -0.15) is 0 Å². The van der Waals surface area contributed by atoms with Crippen LogP contribution in [0.15, 0.2) is 36.4 Å². The van der Waals surface area contributed by atoms with Gasteiger partial charge in [-0.1, -0.05) is 40.9 Å². The van der Waals surface area contributed by atoms with Crippen LogP contribution in [-0.2, 0) is 6.54 Å². The second-order valence-electron chi connectivity index (χ2n) is 4.29. The lowest BCUT2D eigenvalue weighted by Gasteiger charge is -2.12. The monoisotopic (exact) mass is 295 g/mol. The third kappa shape index (κ3) is 3.55. The van der Waals surface area contributed by atoms with Crippen LogP contribution in [0.25, 0.3) is 0 Å². The van der Waals surface area contributed by atoms with Crippen molar-refractivity contribution in [3.05, 3.63) is 57.6 Å². The molecule has 0 unspecified atom stereocenters. The van der Waals surface area contributed by atoms with Crippen molar-refractivity contribution in [3.8, 4) is 5.75 Å². The summed E-state index contributed by atoms with van der Waals surface area (Å²) in [6.07, 6.45) is 0. The smallest absolute Gasteiger partial charge is 0.123 e. The SMILES string of the molecule is COc1ccc(C)cc1CNc1ccc(Cl)cc1Cl. The third-order valence-corrected chi connectivity index (χ3v) is 3.38. The van der Waals surface area contributed by atoms with Crippen molar-refractivity contribution in [2.75, 3.05) is 12.4 Å². The maximum absolute atomic E-state index is 6.12. The summed E-state index contributed by atoms with van der Waals surface area (Å²) in [4.78, 5) is 0. The lowest BCUT2D eigenvalue weighted by atomic mass is 10.1. The summed E-state index contributed by atoms with van der Waals surface area (Å²) in [7, 11) is 1.67. The summed E-state index contributed by atoms with van der Waals surface area (Å²) >= 11 is 12.0. The Morgan fingerprint density at radius 2 is 1.89 bits per heavy atom. The molecule has 0 saturated carbocycles. The minimum Gasteiger partial charge on any atom is -0.496 e. The lowest BCUT2D eigenvalue weighted by Crippen LogP contribution is -2.02. The number of hydrogen-bond donors (Lipinski definition) is 1. The highest BCUT2D eigenvalue weighted by atomic mass is 35.5. The molecule has 100 valence electrons. The van der Waals surface area contributed by atoms with Gasteiger partial charge in [0.25, 0.3) is 0 Å². The van der Waals surface area contributed by atoms with E-state index < -0.39 is 0 Å². The van der Waals surface area contributed by atoms with E-state index in [1.807, 2.05) is 24.3 Å². The number of ether oxygens (including phenoxy) is 1. The van der Waals surface area contributed by atoms with Crippen molar-refractivity contribution >= 4 is 28.9 Å². The molecule has 1 N–H and O–H groups in total. The highest BCUT2D eigenvalue weighted by molar-refractivity contribution is 6.36. The second kappa shape index (κ2) is 6.18. The molecule has 0 aromatic heterocycles. The predicted octanol–water partition coefficient (Wildman–Crippen LogP) is 4.92. The normalized spacial score (nSPS) is 10.3. The molecule has 0 aliphatic rings. The molecular weight excluding hydrogens is 281 g/mol. The van der Waals surface area contributed by atoms with Gasteiger partial charge >= 0.3 is 0 Å². The van der Waals surface area contributed by atoms with Crippen LogP contribution in [0.5, 0.6) is 5.75 Å². The summed E-state index contributed by atoms with van der Waals surface area (Å²) in [5, 5.41) is 4.53. The van der Waals surface area contributed by atoms with Crippen LogP contribution in [0.4, 0.5) is 5.69 Å². The van der Waals surface area contributed by atoms with Crippen LogP contribution < -0.4 is 10.1 Å². The maximum atomic E-state index is 6.12. The summed E-state index contributed by atoms with van der Waals surface area (Å²) in [6, 6.07) is 11.5. The summed E-state index contributed by atoms with van der Waals surface area (Å²) in [5.41, 5.74) is 3.14. The Morgan fingerprint density at radius 1 is 1.11 bits per heavy atom. The van der Waals surface area contributed by atoms with E-state index in [0.29, 0.717) is 16.6 Å². The Labute approximate surface area is 123 Å². The number of benzene rings is 2. The third-order valence-electron chi connectivity index (χ3n) is 2.84. The van der Waals surface area contributed by atoms with Gasteiger partial charge in [0.05, 0.1) is 17.8 Å². The van der Waals surface area contributed by atoms with Crippen molar-refractivity contribution < 1.29 is 4.74 Å². The molecular formula is C15H15Cl2NO. The van der Waals surface area contributed by atoms with Crippen molar-refractivity contribution in [3.63, 3.8) is 0 Å². The quantitative estimate of drug-likeness (QED) is 0.864. The first-order valence-electron chi connectivity index (χ1n) is 5.92. The minimum absolute atomic E-state index is 0.610. The fraction of sp³-hybridized carbons (Fsp3) is 0.200. The van der Waals surface area contributed by atoms with Gasteiger partial charge in [0.15, 0.2) is 0 Å². The van der Waals surface area contributed by atoms with E-state index in [2.05, 4.69) is 18.3 Å². The number of rotatable bonds is 4. The second-order valence-corrected chi connectivity index (χ2v) is 5.14. The first-order chi connectivity index (χ1) is 9.10. The highest BCUT2D eigenvalue weighted by Crippen LogP contribution is 2.27. The molecule has 2 rings (SSSR count). The Hall–Kier alpha value is -1.38. The predicted molar refractivity (Wildman–Crippen MR) is 81.5 cm³/mol. The van der Waals surface area contributed by atoms with Crippen molar-refractivity contribution in [2.45, 2.75) is 13.5 Å². The molecule has 2 aromatic carbocycles. The van der Waals surface area contributed by atoms with E-state index in [1.54, 1.807) is 13.2 Å². The molecule has 0 spiro atoms. The zero-order valence-electron chi connectivity index (χ0n) is 10.8. The average Bonchev–Trinajstić information content (AvgIpc) is 2.38. The summed E-state index contributed by atoms with van der Waals surface area (Å²) in [5.74, 6) is 0.864. The van der Waals surface area contributed by atoms with Crippen molar-refractivity contribution in [1.82, 2.24) is 0 Å². The van der Waals surface area contributed by atoms with Crippen molar-refractivity contribution in [1.29, 1.82) is 0 Å². The van der Waals surface area contributed by atoms with Gasteiger partial charge in [-0.05, 0) is 31.2 Å². The van der Waals surface area contributed by atoms with Crippen LogP contribution in [-0.4, -0.2) is 7.11 Å². The Balaban J connectivity index is 2.16. The molecule has 4 heteroatoms. The van der Waals surface area contributed by atoms with E-state index >= 15 is 0 Å². The molecule has 0 radical (unpaired) electrons. The number of methoxy groups -OCH3 is 1. The molecule has 0 atom stereocenters. The highest BCUT2D eigenvalue weighted by Gasteiger charge is 2.05. The number of hydrogen-bond acceptors (Lipinski definition) is 2. The molecule has 19 heavy (non-hydrogen) atoms. The van der Waals surface area contributed by atoms with Gasteiger partial charge in [0, 0.05) is 17.1 Å². The van der Waals surface area contributed by atoms with Gasteiger partial charge in [-0.3, -0.25) is 0 Å². The van der Waals surface area contributed by atoms with Gasteiger partial charge in [0.2, 0.25) is 0 Å². The molecule has 0 fully saturated rings. The van der Waals surface area contributed by atoms with E-state index in [4.69, 9.17) is 27.9 Å². The number of anilines is 1. The van der Waals surface area contributed by atoms with E-state index in [0.717, 1.165) is 17.0 Å². The minimum atomic E-state index is 0.610. The Kier molecular flexibility index (Phi) is 4.56. The Morgan fingerprint density at radius 3 is 2.58 bits per heavy atom. The average molecular weight is 296 g/mol. The molecule has 0 bridgehead atoms. The zero-order chi connectivity index (χ0) is 13.8. The van der Waals surface area contributed by atoms with Crippen LogP contribution >= 0.6 is 23.2 Å². The molecule has 0 amide bonds. The first-order valence-corrected chi connectivity index (χ1v) is 6.68. The largest absolute Gasteiger partial charge is 0.496 e. The van der Waals surface area contributed by atoms with E-state index in [9.17, 15) is 0 Å². The Bertz CT molecular complexity index is 584. The molecule has 0 aliphatic heterocycles. The number of halogens is 2. The first kappa shape index (κ1) is 14.0.